The van der Waals surface area contributed by atoms with E-state index in [1.54, 1.807) is 12.3 Å². The van der Waals surface area contributed by atoms with Crippen molar-refractivity contribution in [3.05, 3.63) is 107 Å². The fraction of sp³-hybridized carbons (Fsp3) is 0.303. The van der Waals surface area contributed by atoms with Gasteiger partial charge in [-0.25, -0.2) is 9.98 Å². The highest BCUT2D eigenvalue weighted by molar-refractivity contribution is 8.15. The number of carbonyl (C=O) groups is 1. The van der Waals surface area contributed by atoms with Crippen molar-refractivity contribution in [3.63, 3.8) is 0 Å². The molecule has 11 heteroatoms. The minimum atomic E-state index is -0.383. The molecule has 1 saturated heterocycles. The van der Waals surface area contributed by atoms with Gasteiger partial charge in [0.15, 0.2) is 5.49 Å². The highest BCUT2D eigenvalue weighted by atomic mass is 35.5. The Morgan fingerprint density at radius 3 is 2.70 bits per heavy atom. The summed E-state index contributed by atoms with van der Waals surface area (Å²) >= 11 is 6.58. The maximum absolute atomic E-state index is 13.1. The van der Waals surface area contributed by atoms with E-state index in [2.05, 4.69) is 37.3 Å². The Bertz CT molecular complexity index is 1690. The summed E-state index contributed by atoms with van der Waals surface area (Å²) in [6.45, 7) is 5.78. The quantitative estimate of drug-likeness (QED) is 0.197. The number of nitrogens with one attached hydrogen (secondary N) is 1. The molecule has 0 radical (unpaired) electrons. The van der Waals surface area contributed by atoms with Crippen LogP contribution in [0.4, 0.5) is 5.69 Å². The second-order valence-corrected chi connectivity index (χ2v) is 12.8. The van der Waals surface area contributed by atoms with Crippen molar-refractivity contribution in [3.8, 4) is 5.75 Å². The van der Waals surface area contributed by atoms with E-state index in [0.29, 0.717) is 53.8 Å². The Kier molecular flexibility index (Phi) is 10.1. The van der Waals surface area contributed by atoms with Crippen molar-refractivity contribution in [1.82, 2.24) is 24.8 Å². The molecule has 44 heavy (non-hydrogen) atoms. The molecule has 1 amide bonds. The topological polar surface area (TPSA) is 93.9 Å². The van der Waals surface area contributed by atoms with Gasteiger partial charge < -0.3 is 19.4 Å². The lowest BCUT2D eigenvalue weighted by Gasteiger charge is -2.26. The molecule has 6 rings (SSSR count). The fourth-order valence-electron chi connectivity index (χ4n) is 5.19. The Morgan fingerprint density at radius 2 is 1.91 bits per heavy atom. The highest BCUT2D eigenvalue weighted by Gasteiger charge is 2.22. The van der Waals surface area contributed by atoms with Crippen LogP contribution < -0.4 is 15.5 Å². The molecular formula is C33H35ClN6O3S. The van der Waals surface area contributed by atoms with Gasteiger partial charge in [-0.2, -0.15) is 0 Å². The number of benzene rings is 2. The molecule has 0 spiro atoms. The Hall–Kier alpha value is -3.83. The first-order chi connectivity index (χ1) is 21.6. The van der Waals surface area contributed by atoms with E-state index in [1.807, 2.05) is 54.9 Å². The lowest BCUT2D eigenvalue weighted by Crippen LogP contribution is -2.41. The third-order valence-corrected chi connectivity index (χ3v) is 9.85. The van der Waals surface area contributed by atoms with Gasteiger partial charge in [-0.15, -0.1) is 10.5 Å². The molecule has 1 fully saturated rings. The molecule has 0 bridgehead atoms. The summed E-state index contributed by atoms with van der Waals surface area (Å²) in [5.41, 5.74) is 4.36. The first kappa shape index (κ1) is 30.2. The molecule has 0 saturated carbocycles. The predicted octanol–water partition coefficient (Wildman–Crippen LogP) is 4.23. The second kappa shape index (κ2) is 14.8. The van der Waals surface area contributed by atoms with Gasteiger partial charge in [0.2, 0.25) is 5.91 Å². The van der Waals surface area contributed by atoms with E-state index in [0.717, 1.165) is 49.1 Å². The molecule has 228 valence electrons. The number of aromatic nitrogens is 3. The van der Waals surface area contributed by atoms with E-state index in [1.165, 1.54) is 5.56 Å². The van der Waals surface area contributed by atoms with Gasteiger partial charge in [0.05, 0.1) is 46.7 Å². The number of morpholine rings is 1. The predicted molar refractivity (Wildman–Crippen MR) is 174 cm³/mol. The minimum Gasteiger partial charge on any atom is -0.486 e. The molecule has 1 atom stereocenters. The van der Waals surface area contributed by atoms with Crippen molar-refractivity contribution in [2.24, 2.45) is 4.99 Å². The molecule has 2 aromatic carbocycles. The van der Waals surface area contributed by atoms with Gasteiger partial charge in [0.25, 0.3) is 0 Å². The lowest BCUT2D eigenvalue weighted by molar-refractivity contribution is -0.118. The van der Waals surface area contributed by atoms with E-state index < -0.39 is 0 Å². The summed E-state index contributed by atoms with van der Waals surface area (Å²) in [4.78, 5) is 29.3. The van der Waals surface area contributed by atoms with E-state index in [4.69, 9.17) is 31.1 Å². The zero-order valence-electron chi connectivity index (χ0n) is 24.4. The van der Waals surface area contributed by atoms with E-state index >= 15 is 0 Å². The molecule has 2 aliphatic rings. The second-order valence-electron chi connectivity index (χ2n) is 10.5. The number of nitrogens with zero attached hydrogens (tertiary/aromatic N) is 5. The number of ether oxygens (including phenoxy) is 2. The van der Waals surface area contributed by atoms with Crippen molar-refractivity contribution in [2.45, 2.75) is 24.6 Å². The molecule has 1 N–H and O–H groups in total. The highest BCUT2D eigenvalue weighted by Crippen LogP contribution is 2.34. The number of rotatable bonds is 11. The zero-order chi connectivity index (χ0) is 30.1. The molecule has 2 aromatic heterocycles. The Labute approximate surface area is 264 Å². The van der Waals surface area contributed by atoms with Gasteiger partial charge in [0, 0.05) is 50.9 Å². The summed E-state index contributed by atoms with van der Waals surface area (Å²) in [6, 6.07) is 21.5. The molecule has 2 aliphatic heterocycles. The SMILES string of the molecule is O=C(CS1=CCc2c1n(Cc1ccccc1)cnc2=Nc1ccc(OCc2ccccn2)c(Cl)c1)NCCN1CCOCC1. The number of fused-ring (bicyclic) bond motifs is 1. The van der Waals surface area contributed by atoms with Crippen LogP contribution in [0.5, 0.6) is 5.75 Å². The van der Waals surface area contributed by atoms with Crippen LogP contribution in [0.3, 0.4) is 0 Å². The molecule has 4 aromatic rings. The number of carbonyl (C=O) groups excluding carboxylic acids is 1. The van der Waals surface area contributed by atoms with Crippen LogP contribution in [-0.2, 0) is 29.1 Å². The normalized spacial score (nSPS) is 16.8. The van der Waals surface area contributed by atoms with Gasteiger partial charge in [-0.05, 0) is 35.9 Å². The number of hydrogen-bond acceptors (Lipinski definition) is 7. The van der Waals surface area contributed by atoms with Crippen molar-refractivity contribution >= 4 is 39.0 Å². The van der Waals surface area contributed by atoms with Crippen LogP contribution in [0.2, 0.25) is 5.02 Å². The first-order valence-electron chi connectivity index (χ1n) is 14.7. The third kappa shape index (κ3) is 7.81. The molecule has 4 heterocycles. The van der Waals surface area contributed by atoms with Crippen LogP contribution in [0, 0.1) is 0 Å². The van der Waals surface area contributed by atoms with Gasteiger partial charge in [0.1, 0.15) is 12.4 Å². The summed E-state index contributed by atoms with van der Waals surface area (Å²) < 4.78 is 13.5. The number of amides is 1. The molecular weight excluding hydrogens is 596 g/mol. The van der Waals surface area contributed by atoms with Crippen molar-refractivity contribution in [1.29, 1.82) is 0 Å². The fourth-order valence-corrected chi connectivity index (χ4v) is 7.49. The zero-order valence-corrected chi connectivity index (χ0v) is 26.0. The van der Waals surface area contributed by atoms with E-state index in [-0.39, 0.29) is 16.4 Å². The number of halogens is 1. The first-order valence-corrected chi connectivity index (χ1v) is 16.5. The third-order valence-electron chi connectivity index (χ3n) is 7.43. The van der Waals surface area contributed by atoms with Crippen LogP contribution in [-0.4, -0.2) is 75.9 Å². The smallest absolute Gasteiger partial charge is 0.229 e. The minimum absolute atomic E-state index is 0.0559. The maximum atomic E-state index is 13.1. The van der Waals surface area contributed by atoms with Crippen LogP contribution in [0.25, 0.3) is 0 Å². The lowest BCUT2D eigenvalue weighted by atomic mass is 10.2. The van der Waals surface area contributed by atoms with Crippen molar-refractivity contribution in [2.75, 3.05) is 45.1 Å². The van der Waals surface area contributed by atoms with Gasteiger partial charge in [-0.3, -0.25) is 14.7 Å². The monoisotopic (exact) mass is 630 g/mol. The Morgan fingerprint density at radius 1 is 1.07 bits per heavy atom. The van der Waals surface area contributed by atoms with Crippen LogP contribution >= 0.6 is 22.1 Å². The molecule has 1 unspecified atom stereocenters. The molecule has 0 aliphatic carbocycles. The summed E-state index contributed by atoms with van der Waals surface area (Å²) in [5.74, 6) is 1.03. The van der Waals surface area contributed by atoms with Gasteiger partial charge in [-0.1, -0.05) is 53.4 Å². The number of pyridine rings is 1. The van der Waals surface area contributed by atoms with Gasteiger partial charge >= 0.3 is 0 Å². The Balaban J connectivity index is 1.21. The van der Waals surface area contributed by atoms with Crippen LogP contribution in [0.1, 0.15) is 16.8 Å². The standard InChI is InChI=1S/C33H35ClN6O3S/c34-29-20-26(9-10-30(29)43-22-27-8-4-5-12-35-27)38-32-28-11-19-44(23-31(41)36-13-14-39-15-17-42-18-16-39)33(28)40(24-37-32)21-25-6-2-1-3-7-25/h1-10,12,19-20,24H,11,13-18,21-23H2,(H,36,41). The van der Waals surface area contributed by atoms with E-state index in [9.17, 15) is 4.79 Å². The summed E-state index contributed by atoms with van der Waals surface area (Å²) in [7, 11) is -0.383. The summed E-state index contributed by atoms with van der Waals surface area (Å²) in [6.07, 6.45) is 4.27. The largest absolute Gasteiger partial charge is 0.486 e. The summed E-state index contributed by atoms with van der Waals surface area (Å²) in [5, 5.41) is 6.93. The molecule has 9 nitrogen and oxygen atoms in total. The average molecular weight is 631 g/mol. The maximum Gasteiger partial charge on any atom is 0.229 e. The van der Waals surface area contributed by atoms with Crippen molar-refractivity contribution < 1.29 is 14.3 Å². The average Bonchev–Trinajstić information content (AvgIpc) is 3.47. The number of hydrogen-bond donors (Lipinski definition) is 1. The van der Waals surface area contributed by atoms with Crippen LogP contribution in [0.15, 0.2) is 89.3 Å².